The lowest BCUT2D eigenvalue weighted by Gasteiger charge is -2.38. The van der Waals surface area contributed by atoms with E-state index in [1.54, 1.807) is 34.4 Å². The number of fused-ring (bicyclic) bond motifs is 1. The molecule has 182 valence electrons. The summed E-state index contributed by atoms with van der Waals surface area (Å²) in [6.07, 6.45) is 6.23. The third-order valence-corrected chi connectivity index (χ3v) is 6.29. The van der Waals surface area contributed by atoms with Gasteiger partial charge in [-0.05, 0) is 42.3 Å². The van der Waals surface area contributed by atoms with Crippen molar-refractivity contribution in [1.29, 1.82) is 0 Å². The predicted molar refractivity (Wildman–Crippen MR) is 131 cm³/mol. The summed E-state index contributed by atoms with van der Waals surface area (Å²) in [4.78, 5) is 24.2. The summed E-state index contributed by atoms with van der Waals surface area (Å²) in [6.45, 7) is 6.15. The van der Waals surface area contributed by atoms with Crippen LogP contribution in [-0.2, 0) is 7.05 Å². The van der Waals surface area contributed by atoms with Crippen LogP contribution in [0.4, 0.5) is 22.0 Å². The Morgan fingerprint density at radius 3 is 2.69 bits per heavy atom. The molecule has 0 spiro atoms. The van der Waals surface area contributed by atoms with Gasteiger partial charge in [-0.2, -0.15) is 4.98 Å². The van der Waals surface area contributed by atoms with Crippen molar-refractivity contribution in [2.75, 3.05) is 23.3 Å². The average molecular weight is 478 g/mol. The molecule has 1 saturated heterocycles. The highest BCUT2D eigenvalue weighted by atomic mass is 19.1. The number of anilines is 3. The number of aliphatic hydroxyl groups is 1. The Morgan fingerprint density at radius 1 is 1.14 bits per heavy atom. The van der Waals surface area contributed by atoms with Crippen LogP contribution >= 0.6 is 0 Å². The highest BCUT2D eigenvalue weighted by molar-refractivity contribution is 5.96. The highest BCUT2D eigenvalue weighted by Crippen LogP contribution is 2.32. The second kappa shape index (κ2) is 8.81. The molecule has 4 aromatic heterocycles. The average Bonchev–Trinajstić information content (AvgIpc) is 3.26. The fraction of sp³-hybridized carbons (Fsp3) is 0.417. The Morgan fingerprint density at radius 2 is 1.97 bits per heavy atom. The van der Waals surface area contributed by atoms with E-state index < -0.39 is 11.8 Å². The first-order valence-corrected chi connectivity index (χ1v) is 11.6. The van der Waals surface area contributed by atoms with E-state index in [0.717, 1.165) is 16.3 Å². The molecule has 5 rings (SSSR count). The van der Waals surface area contributed by atoms with Crippen molar-refractivity contribution in [3.05, 3.63) is 42.6 Å². The van der Waals surface area contributed by atoms with Crippen LogP contribution in [0.2, 0.25) is 0 Å². The monoisotopic (exact) mass is 477 g/mol. The van der Waals surface area contributed by atoms with Gasteiger partial charge in [-0.3, -0.25) is 9.67 Å². The Kier molecular flexibility index (Phi) is 5.79. The number of hydrogen-bond acceptors (Lipinski definition) is 9. The van der Waals surface area contributed by atoms with Crippen LogP contribution in [0.3, 0.4) is 0 Å². The van der Waals surface area contributed by atoms with Crippen LogP contribution in [0.5, 0.6) is 0 Å². The zero-order valence-electron chi connectivity index (χ0n) is 20.1. The van der Waals surface area contributed by atoms with Crippen LogP contribution in [0.15, 0.2) is 37.1 Å². The maximum absolute atomic E-state index is 14.7. The van der Waals surface area contributed by atoms with Crippen molar-refractivity contribution in [3.63, 3.8) is 0 Å². The molecular formula is C24H28FN9O. The smallest absolute Gasteiger partial charge is 0.227 e. The molecule has 0 aliphatic carbocycles. The Balaban J connectivity index is 1.47. The number of aliphatic hydroxyl groups excluding tert-OH is 1. The molecule has 0 unspecified atom stereocenters. The molecule has 1 fully saturated rings. The van der Waals surface area contributed by atoms with E-state index in [-0.39, 0.29) is 12.5 Å². The largest absolute Gasteiger partial charge is 0.390 e. The molecule has 0 aromatic carbocycles. The summed E-state index contributed by atoms with van der Waals surface area (Å²) in [7, 11) is 1.82. The molecule has 0 radical (unpaired) electrons. The molecule has 0 saturated carbocycles. The van der Waals surface area contributed by atoms with E-state index in [4.69, 9.17) is 0 Å². The Bertz CT molecular complexity index is 1370. The van der Waals surface area contributed by atoms with Gasteiger partial charge in [0.2, 0.25) is 5.95 Å². The van der Waals surface area contributed by atoms with Gasteiger partial charge in [-0.25, -0.2) is 19.3 Å². The van der Waals surface area contributed by atoms with Gasteiger partial charge in [-0.15, -0.1) is 5.10 Å². The van der Waals surface area contributed by atoms with Gasteiger partial charge in [0.25, 0.3) is 0 Å². The lowest BCUT2D eigenvalue weighted by Crippen LogP contribution is -2.52. The van der Waals surface area contributed by atoms with Crippen molar-refractivity contribution in [2.24, 2.45) is 7.05 Å². The van der Waals surface area contributed by atoms with E-state index in [1.807, 2.05) is 19.3 Å². The van der Waals surface area contributed by atoms with E-state index in [2.05, 4.69) is 49.2 Å². The standard InChI is InChI=1S/C24H28FN9O/c1-14(2)16-10-28-21(22-29-13-33(4)32-22)17-11-27-20(9-15(16)17)30-19-5-7-26-23(31-19)34-8-6-18(35)24(3,25)12-34/h5,7,9-11,13-14,18,35H,6,8,12H2,1-4H3,(H,26,27,30,31)/t18-,24+/m1/s1. The number of alkyl halides is 1. The SMILES string of the molecule is CC(C)c1cnc(-c2ncn(C)n2)c2cnc(Nc3ccnc(N4CC[C@@H](O)[C@@](C)(F)C4)n3)cc12. The minimum absolute atomic E-state index is 0.0287. The zero-order chi connectivity index (χ0) is 24.7. The van der Waals surface area contributed by atoms with Gasteiger partial charge in [0.05, 0.1) is 12.6 Å². The first kappa shape index (κ1) is 23.0. The number of rotatable bonds is 5. The van der Waals surface area contributed by atoms with E-state index in [0.29, 0.717) is 42.1 Å². The first-order chi connectivity index (χ1) is 16.7. The van der Waals surface area contributed by atoms with Crippen LogP contribution in [-0.4, -0.2) is 64.7 Å². The normalized spacial score (nSPS) is 20.5. The van der Waals surface area contributed by atoms with Crippen molar-refractivity contribution in [3.8, 4) is 11.5 Å². The fourth-order valence-electron chi connectivity index (χ4n) is 4.32. The number of pyridine rings is 2. The van der Waals surface area contributed by atoms with Crippen LogP contribution in [0.1, 0.15) is 38.7 Å². The predicted octanol–water partition coefficient (Wildman–Crippen LogP) is 3.38. The van der Waals surface area contributed by atoms with E-state index in [1.165, 1.54) is 6.92 Å². The third kappa shape index (κ3) is 4.51. The quantitative estimate of drug-likeness (QED) is 0.446. The molecule has 1 aliphatic rings. The van der Waals surface area contributed by atoms with Gasteiger partial charge in [0.15, 0.2) is 11.5 Å². The summed E-state index contributed by atoms with van der Waals surface area (Å²) in [5, 5.41) is 19.4. The second-order valence-corrected chi connectivity index (χ2v) is 9.44. The van der Waals surface area contributed by atoms with Gasteiger partial charge >= 0.3 is 0 Å². The van der Waals surface area contributed by atoms with E-state index >= 15 is 0 Å². The van der Waals surface area contributed by atoms with Crippen molar-refractivity contribution < 1.29 is 9.50 Å². The molecule has 10 nitrogen and oxygen atoms in total. The molecule has 2 atom stereocenters. The molecular weight excluding hydrogens is 449 g/mol. The molecule has 0 bridgehead atoms. The maximum Gasteiger partial charge on any atom is 0.227 e. The van der Waals surface area contributed by atoms with Gasteiger partial charge < -0.3 is 15.3 Å². The topological polar surface area (TPSA) is 118 Å². The molecule has 4 aromatic rings. The van der Waals surface area contributed by atoms with Gasteiger partial charge in [-0.1, -0.05) is 13.8 Å². The number of nitrogens with one attached hydrogen (secondary N) is 1. The number of halogens is 1. The van der Waals surface area contributed by atoms with E-state index in [9.17, 15) is 9.50 Å². The van der Waals surface area contributed by atoms with Crippen molar-refractivity contribution >= 4 is 28.4 Å². The molecule has 2 N–H and O–H groups in total. The second-order valence-electron chi connectivity index (χ2n) is 9.44. The Labute approximate surface area is 202 Å². The summed E-state index contributed by atoms with van der Waals surface area (Å²) in [5.74, 6) is 2.35. The van der Waals surface area contributed by atoms with Crippen molar-refractivity contribution in [1.82, 2.24) is 34.7 Å². The number of aromatic nitrogens is 7. The summed E-state index contributed by atoms with van der Waals surface area (Å²) >= 11 is 0. The number of nitrogens with zero attached hydrogens (tertiary/aromatic N) is 8. The van der Waals surface area contributed by atoms with Gasteiger partial charge in [0, 0.05) is 37.6 Å². The highest BCUT2D eigenvalue weighted by Gasteiger charge is 2.39. The lowest BCUT2D eigenvalue weighted by atomic mass is 9.94. The number of hydrogen-bond donors (Lipinski definition) is 2. The third-order valence-electron chi connectivity index (χ3n) is 6.29. The number of piperidine rings is 1. The first-order valence-electron chi connectivity index (χ1n) is 11.6. The molecule has 35 heavy (non-hydrogen) atoms. The zero-order valence-corrected chi connectivity index (χ0v) is 20.1. The van der Waals surface area contributed by atoms with Crippen LogP contribution in [0, 0.1) is 0 Å². The molecule has 0 amide bonds. The Hall–Kier alpha value is -3.73. The van der Waals surface area contributed by atoms with Crippen LogP contribution < -0.4 is 10.2 Å². The van der Waals surface area contributed by atoms with Crippen LogP contribution in [0.25, 0.3) is 22.3 Å². The minimum Gasteiger partial charge on any atom is -0.390 e. The number of aryl methyl sites for hydroxylation is 1. The van der Waals surface area contributed by atoms with Gasteiger partial charge in [0.1, 0.15) is 23.7 Å². The minimum atomic E-state index is -1.72. The summed E-state index contributed by atoms with van der Waals surface area (Å²) in [6, 6.07) is 3.71. The summed E-state index contributed by atoms with van der Waals surface area (Å²) in [5.41, 5.74) is 0.0457. The molecule has 11 heteroatoms. The maximum atomic E-state index is 14.7. The molecule has 5 heterocycles. The lowest BCUT2D eigenvalue weighted by molar-refractivity contribution is -0.00860. The molecule has 1 aliphatic heterocycles. The van der Waals surface area contributed by atoms with Crippen molar-refractivity contribution in [2.45, 2.75) is 44.9 Å². The fourth-order valence-corrected chi connectivity index (χ4v) is 4.32. The summed E-state index contributed by atoms with van der Waals surface area (Å²) < 4.78 is 16.3.